The van der Waals surface area contributed by atoms with Gasteiger partial charge in [0.2, 0.25) is 0 Å². The maximum Gasteiger partial charge on any atom is 0.323 e. The molecule has 0 aliphatic carbocycles. The molecule has 5 heteroatoms. The minimum atomic E-state index is -0.293. The number of carbonyl (C=O) groups excluding carboxylic acids is 1. The number of benzene rings is 2. The van der Waals surface area contributed by atoms with Crippen LogP contribution in [0.5, 0.6) is 0 Å². The number of amides is 2. The summed E-state index contributed by atoms with van der Waals surface area (Å²) in [4.78, 5) is 15.0. The van der Waals surface area contributed by atoms with Crippen LogP contribution in [0.3, 0.4) is 0 Å². The van der Waals surface area contributed by atoms with E-state index in [-0.39, 0.29) is 6.03 Å². The van der Waals surface area contributed by atoms with Gasteiger partial charge in [-0.15, -0.1) is 0 Å². The van der Waals surface area contributed by atoms with Gasteiger partial charge in [-0.05, 0) is 47.9 Å². The van der Waals surface area contributed by atoms with Gasteiger partial charge < -0.3 is 15.6 Å². The molecule has 0 unspecified atom stereocenters. The number of hydrogen-bond acceptors (Lipinski definition) is 1. The molecular formula is C15H12ClN3O. The normalized spacial score (nSPS) is 10.4. The monoisotopic (exact) mass is 285 g/mol. The molecule has 0 aliphatic rings. The Morgan fingerprint density at radius 2 is 1.65 bits per heavy atom. The van der Waals surface area contributed by atoms with Crippen molar-refractivity contribution in [2.24, 2.45) is 0 Å². The number of H-pyrrole nitrogens is 1. The fourth-order valence-electron chi connectivity index (χ4n) is 1.95. The molecule has 2 amide bonds. The highest BCUT2D eigenvalue weighted by Crippen LogP contribution is 2.18. The lowest BCUT2D eigenvalue weighted by Gasteiger charge is -2.07. The zero-order chi connectivity index (χ0) is 13.9. The first-order chi connectivity index (χ1) is 9.70. The van der Waals surface area contributed by atoms with Crippen molar-refractivity contribution in [2.45, 2.75) is 0 Å². The molecule has 0 fully saturated rings. The molecule has 1 aromatic heterocycles. The summed E-state index contributed by atoms with van der Waals surface area (Å²) in [5.74, 6) is 0. The molecule has 0 saturated heterocycles. The number of urea groups is 1. The number of fused-ring (bicyclic) bond motifs is 1. The highest BCUT2D eigenvalue weighted by Gasteiger charge is 2.03. The molecule has 3 N–H and O–H groups in total. The highest BCUT2D eigenvalue weighted by molar-refractivity contribution is 6.30. The van der Waals surface area contributed by atoms with E-state index in [1.54, 1.807) is 24.3 Å². The molecule has 0 radical (unpaired) electrons. The van der Waals surface area contributed by atoms with Crippen LogP contribution in [-0.2, 0) is 0 Å². The second kappa shape index (κ2) is 5.27. The second-order valence-corrected chi connectivity index (χ2v) is 4.80. The Bertz CT molecular complexity index is 749. The number of nitrogens with one attached hydrogen (secondary N) is 3. The van der Waals surface area contributed by atoms with Gasteiger partial charge in [-0.25, -0.2) is 4.79 Å². The molecule has 3 rings (SSSR count). The molecule has 3 aromatic rings. The maximum atomic E-state index is 11.9. The number of carbonyl (C=O) groups is 1. The Labute approximate surface area is 120 Å². The number of aromatic nitrogens is 1. The first-order valence-electron chi connectivity index (χ1n) is 6.11. The third-order valence-corrected chi connectivity index (χ3v) is 3.17. The lowest BCUT2D eigenvalue weighted by molar-refractivity contribution is 0.262. The van der Waals surface area contributed by atoms with Gasteiger partial charge in [-0.1, -0.05) is 17.7 Å². The van der Waals surface area contributed by atoms with Crippen LogP contribution < -0.4 is 10.6 Å². The number of rotatable bonds is 2. The average molecular weight is 286 g/mol. The molecule has 0 saturated carbocycles. The van der Waals surface area contributed by atoms with Gasteiger partial charge in [0.1, 0.15) is 0 Å². The van der Waals surface area contributed by atoms with Gasteiger partial charge in [0, 0.05) is 28.1 Å². The van der Waals surface area contributed by atoms with E-state index in [9.17, 15) is 4.79 Å². The van der Waals surface area contributed by atoms with Gasteiger partial charge in [0.15, 0.2) is 0 Å². The summed E-state index contributed by atoms with van der Waals surface area (Å²) < 4.78 is 0. The highest BCUT2D eigenvalue weighted by atomic mass is 35.5. The maximum absolute atomic E-state index is 11.9. The zero-order valence-electron chi connectivity index (χ0n) is 10.5. The number of aromatic amines is 1. The smallest absolute Gasteiger partial charge is 0.323 e. The van der Waals surface area contributed by atoms with Gasteiger partial charge in [-0.3, -0.25) is 0 Å². The van der Waals surface area contributed by atoms with E-state index >= 15 is 0 Å². The van der Waals surface area contributed by atoms with Gasteiger partial charge in [0.25, 0.3) is 0 Å². The summed E-state index contributed by atoms with van der Waals surface area (Å²) in [7, 11) is 0. The minimum absolute atomic E-state index is 0.293. The topological polar surface area (TPSA) is 56.9 Å². The lowest BCUT2D eigenvalue weighted by atomic mass is 10.2. The van der Waals surface area contributed by atoms with Crippen molar-refractivity contribution < 1.29 is 4.79 Å². The third kappa shape index (κ3) is 2.75. The van der Waals surface area contributed by atoms with E-state index in [1.807, 2.05) is 30.5 Å². The van der Waals surface area contributed by atoms with Crippen molar-refractivity contribution in [3.63, 3.8) is 0 Å². The Balaban J connectivity index is 1.70. The SMILES string of the molecule is O=C(Nc1ccc(Cl)cc1)Nc1ccc2cc[nH]c2c1. The number of anilines is 2. The van der Waals surface area contributed by atoms with Crippen molar-refractivity contribution in [3.05, 3.63) is 59.8 Å². The van der Waals surface area contributed by atoms with Crippen molar-refractivity contribution in [2.75, 3.05) is 10.6 Å². The lowest BCUT2D eigenvalue weighted by Crippen LogP contribution is -2.19. The molecule has 100 valence electrons. The average Bonchev–Trinajstić information content (AvgIpc) is 2.89. The van der Waals surface area contributed by atoms with Gasteiger partial charge in [-0.2, -0.15) is 0 Å². The standard InChI is InChI=1S/C15H12ClN3O/c16-11-2-5-12(6-3-11)18-15(20)19-13-4-1-10-7-8-17-14(10)9-13/h1-9,17H,(H2,18,19,20). The summed E-state index contributed by atoms with van der Waals surface area (Å²) in [6, 6.07) is 14.3. The van der Waals surface area contributed by atoms with Crippen LogP contribution in [0.2, 0.25) is 5.02 Å². The molecular weight excluding hydrogens is 274 g/mol. The molecule has 0 aliphatic heterocycles. The Kier molecular flexibility index (Phi) is 3.31. The largest absolute Gasteiger partial charge is 0.361 e. The molecule has 0 bridgehead atoms. The molecule has 1 heterocycles. The van der Waals surface area contributed by atoms with Crippen LogP contribution in [0.25, 0.3) is 10.9 Å². The predicted octanol–water partition coefficient (Wildman–Crippen LogP) is 4.47. The van der Waals surface area contributed by atoms with Crippen LogP contribution in [-0.4, -0.2) is 11.0 Å². The molecule has 4 nitrogen and oxygen atoms in total. The summed E-state index contributed by atoms with van der Waals surface area (Å²) in [5.41, 5.74) is 2.40. The first-order valence-corrected chi connectivity index (χ1v) is 6.49. The van der Waals surface area contributed by atoms with Gasteiger partial charge >= 0.3 is 6.03 Å². The molecule has 0 atom stereocenters. The van der Waals surface area contributed by atoms with Crippen molar-refractivity contribution >= 4 is 39.9 Å². The summed E-state index contributed by atoms with van der Waals surface area (Å²) in [5, 5.41) is 7.26. The fraction of sp³-hybridized carbons (Fsp3) is 0. The van der Waals surface area contributed by atoms with E-state index in [0.29, 0.717) is 10.7 Å². The van der Waals surface area contributed by atoms with E-state index in [0.717, 1.165) is 16.6 Å². The van der Waals surface area contributed by atoms with Crippen molar-refractivity contribution in [1.82, 2.24) is 4.98 Å². The molecule has 20 heavy (non-hydrogen) atoms. The van der Waals surface area contributed by atoms with Crippen LogP contribution >= 0.6 is 11.6 Å². The van der Waals surface area contributed by atoms with Crippen LogP contribution in [0.15, 0.2) is 54.7 Å². The summed E-state index contributed by atoms with van der Waals surface area (Å²) >= 11 is 5.79. The van der Waals surface area contributed by atoms with E-state index in [2.05, 4.69) is 15.6 Å². The third-order valence-electron chi connectivity index (χ3n) is 2.91. The zero-order valence-corrected chi connectivity index (χ0v) is 11.2. The Morgan fingerprint density at radius 1 is 0.950 bits per heavy atom. The molecule has 2 aromatic carbocycles. The molecule has 0 spiro atoms. The fourth-order valence-corrected chi connectivity index (χ4v) is 2.08. The Morgan fingerprint density at radius 3 is 2.45 bits per heavy atom. The van der Waals surface area contributed by atoms with E-state index in [4.69, 9.17) is 11.6 Å². The first kappa shape index (κ1) is 12.6. The van der Waals surface area contributed by atoms with Crippen LogP contribution in [0.1, 0.15) is 0 Å². The number of halogens is 1. The predicted molar refractivity (Wildman–Crippen MR) is 82.4 cm³/mol. The summed E-state index contributed by atoms with van der Waals surface area (Å²) in [6.45, 7) is 0. The number of hydrogen-bond donors (Lipinski definition) is 3. The Hall–Kier alpha value is -2.46. The van der Waals surface area contributed by atoms with E-state index < -0.39 is 0 Å². The quantitative estimate of drug-likeness (QED) is 0.639. The van der Waals surface area contributed by atoms with E-state index in [1.165, 1.54) is 0 Å². The van der Waals surface area contributed by atoms with Crippen LogP contribution in [0, 0.1) is 0 Å². The summed E-state index contributed by atoms with van der Waals surface area (Å²) in [6.07, 6.45) is 1.86. The van der Waals surface area contributed by atoms with Gasteiger partial charge in [0.05, 0.1) is 0 Å². The van der Waals surface area contributed by atoms with Crippen LogP contribution in [0.4, 0.5) is 16.2 Å². The minimum Gasteiger partial charge on any atom is -0.361 e. The second-order valence-electron chi connectivity index (χ2n) is 4.37. The van der Waals surface area contributed by atoms with Crippen molar-refractivity contribution in [3.8, 4) is 0 Å². The van der Waals surface area contributed by atoms with Crippen molar-refractivity contribution in [1.29, 1.82) is 0 Å².